The van der Waals surface area contributed by atoms with Crippen molar-refractivity contribution >= 4 is 38.3 Å². The largest absolute Gasteiger partial charge is 0.372 e. The van der Waals surface area contributed by atoms with Crippen LogP contribution in [0.3, 0.4) is 0 Å². The summed E-state index contributed by atoms with van der Waals surface area (Å²) in [4.78, 5) is 23.7. The lowest BCUT2D eigenvalue weighted by Gasteiger charge is -2.23. The zero-order chi connectivity index (χ0) is 21.7. The molecule has 0 spiro atoms. The van der Waals surface area contributed by atoms with Crippen molar-refractivity contribution in [3.8, 4) is 0 Å². The van der Waals surface area contributed by atoms with Gasteiger partial charge in [0.1, 0.15) is 0 Å². The molecule has 0 bridgehead atoms. The molecule has 1 N–H and O–H groups in total. The van der Waals surface area contributed by atoms with Gasteiger partial charge < -0.3 is 9.80 Å². The van der Waals surface area contributed by atoms with Gasteiger partial charge in [0.25, 0.3) is 5.91 Å². The van der Waals surface area contributed by atoms with Crippen LogP contribution in [0.25, 0.3) is 10.2 Å². The quantitative estimate of drug-likeness (QED) is 0.571. The third-order valence-electron chi connectivity index (χ3n) is 5.40. The molecule has 160 valence electrons. The molecule has 0 aliphatic heterocycles. The molecule has 3 rings (SSSR count). The van der Waals surface area contributed by atoms with E-state index < -0.39 is 0 Å². The number of hydrogen-bond donors (Lipinski definition) is 1. The number of nitrogens with zero attached hydrogens (tertiary/aromatic N) is 3. The Morgan fingerprint density at radius 1 is 1.03 bits per heavy atom. The number of quaternary nitrogens is 1. The standard InChI is InChI=1S/C24H32N4OS/c1-6-18-9-14-21-22(17-18)30-24(25-21)28(16-15-26(4)5)23(29)19-10-12-20(13-11-19)27(7-2)8-3/h9-14,17H,6-8,15-16H2,1-5H3/p+1. The number of benzene rings is 2. The number of aromatic nitrogens is 1. The van der Waals surface area contributed by atoms with Crippen molar-refractivity contribution in [1.82, 2.24) is 4.98 Å². The molecule has 0 atom stereocenters. The summed E-state index contributed by atoms with van der Waals surface area (Å²) in [6, 6.07) is 14.3. The van der Waals surface area contributed by atoms with Crippen LogP contribution in [0.4, 0.5) is 10.8 Å². The highest BCUT2D eigenvalue weighted by Gasteiger charge is 2.22. The minimum absolute atomic E-state index is 0.0112. The predicted octanol–water partition coefficient (Wildman–Crippen LogP) is 3.50. The number of carbonyl (C=O) groups excluding carboxylic acids is 1. The van der Waals surface area contributed by atoms with E-state index in [0.29, 0.717) is 12.1 Å². The second-order valence-electron chi connectivity index (χ2n) is 7.79. The van der Waals surface area contributed by atoms with Crippen molar-refractivity contribution < 1.29 is 9.69 Å². The summed E-state index contributed by atoms with van der Waals surface area (Å²) >= 11 is 1.60. The summed E-state index contributed by atoms with van der Waals surface area (Å²) < 4.78 is 1.14. The average Bonchev–Trinajstić information content (AvgIpc) is 3.17. The first-order valence-corrected chi connectivity index (χ1v) is 11.6. The van der Waals surface area contributed by atoms with Crippen LogP contribution in [-0.2, 0) is 6.42 Å². The minimum Gasteiger partial charge on any atom is -0.372 e. The number of fused-ring (bicyclic) bond motifs is 1. The Labute approximate surface area is 183 Å². The Hall–Kier alpha value is -2.44. The van der Waals surface area contributed by atoms with Crippen LogP contribution < -0.4 is 14.7 Å². The van der Waals surface area contributed by atoms with Crippen molar-refractivity contribution in [2.45, 2.75) is 27.2 Å². The summed E-state index contributed by atoms with van der Waals surface area (Å²) in [5, 5.41) is 0.775. The summed E-state index contributed by atoms with van der Waals surface area (Å²) in [5.74, 6) is 0.0112. The molecule has 0 saturated carbocycles. The molecule has 0 aliphatic carbocycles. The lowest BCUT2D eigenvalue weighted by molar-refractivity contribution is -0.856. The maximum absolute atomic E-state index is 13.4. The Morgan fingerprint density at radius 3 is 2.33 bits per heavy atom. The summed E-state index contributed by atoms with van der Waals surface area (Å²) in [7, 11) is 4.21. The second-order valence-corrected chi connectivity index (χ2v) is 8.79. The Kier molecular flexibility index (Phi) is 7.45. The molecule has 6 heteroatoms. The van der Waals surface area contributed by atoms with E-state index >= 15 is 0 Å². The number of amides is 1. The van der Waals surface area contributed by atoms with Gasteiger partial charge in [-0.2, -0.15) is 0 Å². The normalized spacial score (nSPS) is 11.3. The Bertz CT molecular complexity index is 977. The molecule has 0 saturated heterocycles. The number of carbonyl (C=O) groups is 1. The van der Waals surface area contributed by atoms with Gasteiger partial charge in [-0.1, -0.05) is 24.3 Å². The predicted molar refractivity (Wildman–Crippen MR) is 128 cm³/mol. The molecule has 0 aliphatic rings. The molecule has 1 aromatic heterocycles. The van der Waals surface area contributed by atoms with Gasteiger partial charge in [0, 0.05) is 24.3 Å². The van der Waals surface area contributed by atoms with Gasteiger partial charge in [0.15, 0.2) is 5.13 Å². The molecule has 0 unspecified atom stereocenters. The second kappa shape index (κ2) is 10.0. The van der Waals surface area contributed by atoms with E-state index in [1.807, 2.05) is 29.2 Å². The number of thiazole rings is 1. The summed E-state index contributed by atoms with van der Waals surface area (Å²) in [6.45, 7) is 9.84. The van der Waals surface area contributed by atoms with Crippen molar-refractivity contribution in [3.05, 3.63) is 53.6 Å². The number of anilines is 2. The molecular formula is C24H33N4OS+. The molecule has 0 fully saturated rings. The van der Waals surface area contributed by atoms with Gasteiger partial charge >= 0.3 is 0 Å². The van der Waals surface area contributed by atoms with Crippen LogP contribution in [0, 0.1) is 0 Å². The highest BCUT2D eigenvalue weighted by atomic mass is 32.1. The van der Waals surface area contributed by atoms with Crippen LogP contribution in [0.1, 0.15) is 36.7 Å². The third kappa shape index (κ3) is 4.99. The zero-order valence-corrected chi connectivity index (χ0v) is 19.6. The zero-order valence-electron chi connectivity index (χ0n) is 18.7. The van der Waals surface area contributed by atoms with E-state index in [9.17, 15) is 4.79 Å². The molecule has 1 amide bonds. The average molecular weight is 426 g/mol. The topological polar surface area (TPSA) is 40.9 Å². The molecule has 3 aromatic rings. The van der Waals surface area contributed by atoms with Gasteiger partial charge in [0.2, 0.25) is 0 Å². The first-order chi connectivity index (χ1) is 14.5. The molecule has 2 aromatic carbocycles. The smallest absolute Gasteiger partial charge is 0.260 e. The number of likely N-dealkylation sites (N-methyl/N-ethyl adjacent to an activating group) is 1. The molecular weight excluding hydrogens is 392 g/mol. The number of rotatable bonds is 9. The van der Waals surface area contributed by atoms with Gasteiger partial charge in [-0.25, -0.2) is 4.98 Å². The molecule has 0 radical (unpaired) electrons. The summed E-state index contributed by atoms with van der Waals surface area (Å²) in [5.41, 5.74) is 4.10. The Morgan fingerprint density at radius 2 is 1.73 bits per heavy atom. The van der Waals surface area contributed by atoms with E-state index in [1.165, 1.54) is 10.5 Å². The van der Waals surface area contributed by atoms with Crippen molar-refractivity contribution in [2.75, 3.05) is 50.1 Å². The Balaban J connectivity index is 1.92. The fourth-order valence-electron chi connectivity index (χ4n) is 3.47. The maximum atomic E-state index is 13.4. The lowest BCUT2D eigenvalue weighted by atomic mass is 10.1. The van der Waals surface area contributed by atoms with Crippen LogP contribution in [0.15, 0.2) is 42.5 Å². The van der Waals surface area contributed by atoms with Crippen molar-refractivity contribution in [3.63, 3.8) is 0 Å². The van der Waals surface area contributed by atoms with Crippen LogP contribution in [0.2, 0.25) is 0 Å². The molecule has 5 nitrogen and oxygen atoms in total. The van der Waals surface area contributed by atoms with E-state index in [0.717, 1.165) is 47.1 Å². The highest BCUT2D eigenvalue weighted by Crippen LogP contribution is 2.30. The lowest BCUT2D eigenvalue weighted by Crippen LogP contribution is -3.06. The van der Waals surface area contributed by atoms with Gasteiger partial charge in [-0.15, -0.1) is 0 Å². The van der Waals surface area contributed by atoms with E-state index in [-0.39, 0.29) is 5.91 Å². The fraction of sp³-hybridized carbons (Fsp3) is 0.417. The number of hydrogen-bond acceptors (Lipinski definition) is 4. The molecule has 30 heavy (non-hydrogen) atoms. The van der Waals surface area contributed by atoms with E-state index in [4.69, 9.17) is 4.98 Å². The number of nitrogens with one attached hydrogen (secondary N) is 1. The SMILES string of the molecule is CCc1ccc2nc(N(CC[NH+](C)C)C(=O)c3ccc(N(CC)CC)cc3)sc2c1. The van der Waals surface area contributed by atoms with Crippen molar-refractivity contribution in [2.24, 2.45) is 0 Å². The van der Waals surface area contributed by atoms with E-state index in [1.54, 1.807) is 11.3 Å². The first-order valence-electron chi connectivity index (χ1n) is 10.8. The monoisotopic (exact) mass is 425 g/mol. The maximum Gasteiger partial charge on any atom is 0.260 e. The fourth-order valence-corrected chi connectivity index (χ4v) is 4.52. The van der Waals surface area contributed by atoms with Crippen LogP contribution in [0.5, 0.6) is 0 Å². The van der Waals surface area contributed by atoms with Crippen LogP contribution in [-0.4, -0.2) is 51.2 Å². The third-order valence-corrected chi connectivity index (χ3v) is 6.45. The van der Waals surface area contributed by atoms with Gasteiger partial charge in [-0.05, 0) is 62.2 Å². The minimum atomic E-state index is 0.0112. The number of aryl methyl sites for hydroxylation is 1. The van der Waals surface area contributed by atoms with E-state index in [2.05, 4.69) is 58.0 Å². The highest BCUT2D eigenvalue weighted by molar-refractivity contribution is 7.22. The van der Waals surface area contributed by atoms with Crippen LogP contribution >= 0.6 is 11.3 Å². The first kappa shape index (κ1) is 22.2. The van der Waals surface area contributed by atoms with Crippen molar-refractivity contribution in [1.29, 1.82) is 0 Å². The van der Waals surface area contributed by atoms with Gasteiger partial charge in [0.05, 0.1) is 37.4 Å². The van der Waals surface area contributed by atoms with Gasteiger partial charge in [-0.3, -0.25) is 9.69 Å². The summed E-state index contributed by atoms with van der Waals surface area (Å²) in [6.07, 6.45) is 0.995. The molecule has 1 heterocycles.